The van der Waals surface area contributed by atoms with Gasteiger partial charge in [0.05, 0.1) is 22.8 Å². The van der Waals surface area contributed by atoms with Gasteiger partial charge in [-0.15, -0.1) is 0 Å². The predicted molar refractivity (Wildman–Crippen MR) is 117 cm³/mol. The van der Waals surface area contributed by atoms with Gasteiger partial charge in [0, 0.05) is 6.07 Å². The zero-order valence-electron chi connectivity index (χ0n) is 17.3. The van der Waals surface area contributed by atoms with Crippen molar-refractivity contribution in [2.24, 2.45) is 0 Å². The molecule has 0 bridgehead atoms. The summed E-state index contributed by atoms with van der Waals surface area (Å²) >= 11 is 0. The highest BCUT2D eigenvalue weighted by atomic mass is 16.6. The number of nitrogens with zero attached hydrogens (tertiary/aromatic N) is 3. The van der Waals surface area contributed by atoms with Gasteiger partial charge in [-0.05, 0) is 37.6 Å². The quantitative estimate of drug-likeness (QED) is 0.502. The lowest BCUT2D eigenvalue weighted by Gasteiger charge is -2.19. The number of hydrogen-bond acceptors (Lipinski definition) is 7. The zero-order chi connectivity index (χ0) is 21.5. The summed E-state index contributed by atoms with van der Waals surface area (Å²) in [6.07, 6.45) is 0.453. The van der Waals surface area contributed by atoms with E-state index in [9.17, 15) is 4.79 Å². The number of carbonyl (C=O) groups excluding carboxylic acids is 1. The Morgan fingerprint density at radius 2 is 1.84 bits per heavy atom. The molecule has 2 aromatic carbocycles. The largest absolute Gasteiger partial charge is 0.486 e. The monoisotopic (exact) mass is 418 g/mol. The Balaban J connectivity index is 1.76. The first kappa shape index (κ1) is 19.2. The third-order valence-electron chi connectivity index (χ3n) is 5.37. The van der Waals surface area contributed by atoms with Crippen LogP contribution in [0.5, 0.6) is 11.5 Å². The Bertz CT molecular complexity index is 1310. The van der Waals surface area contributed by atoms with Crippen molar-refractivity contribution in [2.75, 3.05) is 18.9 Å². The van der Waals surface area contributed by atoms with Gasteiger partial charge in [0.15, 0.2) is 17.1 Å². The Labute approximate surface area is 178 Å². The number of fused-ring (bicyclic) bond motifs is 3. The number of benzene rings is 2. The lowest BCUT2D eigenvalue weighted by molar-refractivity contribution is 0.0338. The van der Waals surface area contributed by atoms with Gasteiger partial charge in [-0.25, -0.2) is 14.8 Å². The summed E-state index contributed by atoms with van der Waals surface area (Å²) in [6.45, 7) is 4.77. The molecule has 0 fully saturated rings. The molecule has 0 spiro atoms. The predicted octanol–water partition coefficient (Wildman–Crippen LogP) is 3.88. The van der Waals surface area contributed by atoms with E-state index in [1.54, 1.807) is 4.57 Å². The summed E-state index contributed by atoms with van der Waals surface area (Å²) in [5, 5.41) is 0. The molecule has 5 rings (SSSR count). The van der Waals surface area contributed by atoms with Gasteiger partial charge in [0.25, 0.3) is 0 Å². The van der Waals surface area contributed by atoms with Gasteiger partial charge in [-0.1, -0.05) is 19.1 Å². The van der Waals surface area contributed by atoms with E-state index in [0.29, 0.717) is 59.0 Å². The molecular formula is C23H22N4O4. The number of hydrogen-bond donors (Lipinski definition) is 1. The standard InChI is InChI=1S/C23H22N4O4/c1-3-13(2)31-23(28)19-20-22(26-16-7-5-4-6-15(16)25-20)27(21(19)24)14-8-9-17-18(12-14)30-11-10-29-17/h4-9,12-13H,3,10-11,24H2,1-2H3/t13-/m0/s1. The maximum atomic E-state index is 13.0. The number of para-hydroxylation sites is 2. The van der Waals surface area contributed by atoms with Crippen LogP contribution < -0.4 is 15.2 Å². The van der Waals surface area contributed by atoms with Gasteiger partial charge in [0.2, 0.25) is 0 Å². The third kappa shape index (κ3) is 3.20. The fraction of sp³-hybridized carbons (Fsp3) is 0.261. The van der Waals surface area contributed by atoms with Crippen LogP contribution in [0.2, 0.25) is 0 Å². The second kappa shape index (κ2) is 7.46. The Hall–Kier alpha value is -3.81. The fourth-order valence-electron chi connectivity index (χ4n) is 3.62. The lowest BCUT2D eigenvalue weighted by atomic mass is 10.2. The van der Waals surface area contributed by atoms with Crippen LogP contribution in [0.25, 0.3) is 27.9 Å². The van der Waals surface area contributed by atoms with Crippen LogP contribution in [0.1, 0.15) is 30.6 Å². The van der Waals surface area contributed by atoms with E-state index in [0.717, 1.165) is 0 Å². The number of carbonyl (C=O) groups is 1. The van der Waals surface area contributed by atoms with Crippen LogP contribution in [0.3, 0.4) is 0 Å². The first-order chi connectivity index (χ1) is 15.1. The average molecular weight is 418 g/mol. The Kier molecular flexibility index (Phi) is 4.62. The number of nitrogen functional groups attached to an aromatic ring is 1. The van der Waals surface area contributed by atoms with Crippen molar-refractivity contribution < 1.29 is 19.0 Å². The topological polar surface area (TPSA) is 101 Å². The smallest absolute Gasteiger partial charge is 0.344 e. The van der Waals surface area contributed by atoms with Gasteiger partial charge in [0.1, 0.15) is 30.1 Å². The molecule has 2 aromatic heterocycles. The first-order valence-corrected chi connectivity index (χ1v) is 10.2. The van der Waals surface area contributed by atoms with Crippen molar-refractivity contribution in [3.05, 3.63) is 48.0 Å². The SMILES string of the molecule is CC[C@H](C)OC(=O)c1c(N)n(-c2ccc3c(c2)OCCO3)c2nc3ccccc3nc12. The maximum Gasteiger partial charge on any atom is 0.344 e. The molecule has 31 heavy (non-hydrogen) atoms. The van der Waals surface area contributed by atoms with E-state index in [1.165, 1.54) is 0 Å². The molecule has 0 saturated carbocycles. The minimum atomic E-state index is -0.516. The lowest BCUT2D eigenvalue weighted by Crippen LogP contribution is -2.16. The van der Waals surface area contributed by atoms with Crippen molar-refractivity contribution >= 4 is 34.0 Å². The summed E-state index contributed by atoms with van der Waals surface area (Å²) in [5.74, 6) is 0.980. The highest BCUT2D eigenvalue weighted by Gasteiger charge is 2.27. The number of rotatable bonds is 4. The van der Waals surface area contributed by atoms with E-state index < -0.39 is 5.97 Å². The van der Waals surface area contributed by atoms with Crippen molar-refractivity contribution in [1.29, 1.82) is 0 Å². The van der Waals surface area contributed by atoms with Crippen LogP contribution in [0.4, 0.5) is 5.82 Å². The van der Waals surface area contributed by atoms with E-state index in [2.05, 4.69) is 0 Å². The van der Waals surface area contributed by atoms with Crippen molar-refractivity contribution in [3.63, 3.8) is 0 Å². The molecule has 1 atom stereocenters. The summed E-state index contributed by atoms with van der Waals surface area (Å²) < 4.78 is 18.6. The number of anilines is 1. The van der Waals surface area contributed by atoms with Crippen molar-refractivity contribution in [3.8, 4) is 17.2 Å². The maximum absolute atomic E-state index is 13.0. The minimum absolute atomic E-state index is 0.212. The first-order valence-electron chi connectivity index (χ1n) is 10.2. The van der Waals surface area contributed by atoms with Crippen LogP contribution in [0, 0.1) is 0 Å². The molecule has 158 valence electrons. The normalized spacial score (nSPS) is 14.0. The molecule has 0 amide bonds. The van der Waals surface area contributed by atoms with Crippen LogP contribution >= 0.6 is 0 Å². The summed E-state index contributed by atoms with van der Waals surface area (Å²) in [4.78, 5) is 22.5. The van der Waals surface area contributed by atoms with Gasteiger partial charge in [-0.2, -0.15) is 0 Å². The van der Waals surface area contributed by atoms with Crippen LogP contribution in [-0.2, 0) is 4.74 Å². The molecule has 8 heteroatoms. The summed E-state index contributed by atoms with van der Waals surface area (Å²) in [6, 6.07) is 13.0. The van der Waals surface area contributed by atoms with Crippen LogP contribution in [0.15, 0.2) is 42.5 Å². The fourth-order valence-corrected chi connectivity index (χ4v) is 3.62. The van der Waals surface area contributed by atoms with E-state index in [4.69, 9.17) is 29.9 Å². The molecule has 1 aliphatic heterocycles. The second-order valence-corrected chi connectivity index (χ2v) is 7.43. The highest BCUT2D eigenvalue weighted by Crippen LogP contribution is 2.36. The number of aromatic nitrogens is 3. The number of esters is 1. The molecule has 0 aliphatic carbocycles. The highest BCUT2D eigenvalue weighted by molar-refractivity contribution is 6.09. The van der Waals surface area contributed by atoms with E-state index >= 15 is 0 Å². The number of nitrogens with two attached hydrogens (primary N) is 1. The van der Waals surface area contributed by atoms with Crippen LogP contribution in [-0.4, -0.2) is 39.8 Å². The van der Waals surface area contributed by atoms with Gasteiger partial charge in [-0.3, -0.25) is 4.57 Å². The van der Waals surface area contributed by atoms with Crippen molar-refractivity contribution in [1.82, 2.24) is 14.5 Å². The molecule has 0 radical (unpaired) electrons. The van der Waals surface area contributed by atoms with E-state index in [1.807, 2.05) is 56.3 Å². The Morgan fingerprint density at radius 3 is 2.58 bits per heavy atom. The summed E-state index contributed by atoms with van der Waals surface area (Å²) in [5.41, 5.74) is 9.67. The van der Waals surface area contributed by atoms with Gasteiger partial charge >= 0.3 is 5.97 Å². The third-order valence-corrected chi connectivity index (χ3v) is 5.37. The molecule has 4 aromatic rings. The summed E-state index contributed by atoms with van der Waals surface area (Å²) in [7, 11) is 0. The molecule has 2 N–H and O–H groups in total. The molecule has 3 heterocycles. The second-order valence-electron chi connectivity index (χ2n) is 7.43. The van der Waals surface area contributed by atoms with Crippen molar-refractivity contribution in [2.45, 2.75) is 26.4 Å². The minimum Gasteiger partial charge on any atom is -0.486 e. The number of ether oxygens (including phenoxy) is 3. The molecule has 0 saturated heterocycles. The Morgan fingerprint density at radius 1 is 1.13 bits per heavy atom. The van der Waals surface area contributed by atoms with Gasteiger partial charge < -0.3 is 19.9 Å². The molecule has 1 aliphatic rings. The van der Waals surface area contributed by atoms with E-state index in [-0.39, 0.29) is 17.5 Å². The molecular weight excluding hydrogens is 396 g/mol. The average Bonchev–Trinajstić information content (AvgIpc) is 3.07. The molecule has 0 unspecified atom stereocenters. The zero-order valence-corrected chi connectivity index (χ0v) is 17.3. The molecule has 8 nitrogen and oxygen atoms in total.